The Morgan fingerprint density at radius 1 is 1.48 bits per heavy atom. The van der Waals surface area contributed by atoms with Crippen molar-refractivity contribution in [3.63, 3.8) is 0 Å². The number of hydrogen-bond acceptors (Lipinski definition) is 5. The minimum Gasteiger partial charge on any atom is -0.455 e. The molecule has 7 nitrogen and oxygen atoms in total. The number of amides is 1. The first-order chi connectivity index (χ1) is 11.7. The zero-order valence-electron chi connectivity index (χ0n) is 15.4. The number of nitrogens with zero attached hydrogens (tertiary/aromatic N) is 3. The third-order valence-corrected chi connectivity index (χ3v) is 4.61. The van der Waals surface area contributed by atoms with E-state index in [9.17, 15) is 4.79 Å². The highest BCUT2D eigenvalue weighted by Crippen LogP contribution is 2.32. The number of aromatic nitrogens is 3. The van der Waals surface area contributed by atoms with Crippen molar-refractivity contribution in [1.29, 1.82) is 0 Å². The van der Waals surface area contributed by atoms with Crippen LogP contribution in [0.4, 0.5) is 0 Å². The molecule has 25 heavy (non-hydrogen) atoms. The number of carbonyl (C=O) groups is 1. The number of H-pyrrole nitrogens is 1. The lowest BCUT2D eigenvalue weighted by Gasteiger charge is -2.31. The van der Waals surface area contributed by atoms with E-state index in [1.165, 1.54) is 0 Å². The van der Waals surface area contributed by atoms with Crippen molar-refractivity contribution in [3.05, 3.63) is 34.8 Å². The van der Waals surface area contributed by atoms with E-state index in [1.807, 2.05) is 6.92 Å². The summed E-state index contributed by atoms with van der Waals surface area (Å²) in [6.45, 7) is 10.8. The SMILES string of the molecule is Cc1nc(C2CCCN(Cc3cc(C(N)=O)oc3C(C)(C)C)C2)n[nH]1. The molecule has 0 spiro atoms. The predicted molar refractivity (Wildman–Crippen MR) is 94.3 cm³/mol. The molecule has 1 unspecified atom stereocenters. The van der Waals surface area contributed by atoms with Crippen LogP contribution in [-0.2, 0) is 12.0 Å². The molecule has 0 bridgehead atoms. The molecule has 7 heteroatoms. The van der Waals surface area contributed by atoms with Gasteiger partial charge in [0.15, 0.2) is 11.6 Å². The molecule has 0 saturated carbocycles. The van der Waals surface area contributed by atoms with Gasteiger partial charge in [-0.3, -0.25) is 14.8 Å². The van der Waals surface area contributed by atoms with E-state index >= 15 is 0 Å². The molecule has 3 rings (SSSR count). The van der Waals surface area contributed by atoms with E-state index in [0.717, 1.165) is 55.4 Å². The van der Waals surface area contributed by atoms with Crippen molar-refractivity contribution >= 4 is 5.91 Å². The summed E-state index contributed by atoms with van der Waals surface area (Å²) in [5.74, 6) is 2.62. The Kier molecular flexibility index (Phi) is 4.69. The molecular formula is C18H27N5O2. The van der Waals surface area contributed by atoms with E-state index in [-0.39, 0.29) is 11.2 Å². The second-order valence-corrected chi connectivity index (χ2v) is 7.93. The number of rotatable bonds is 4. The van der Waals surface area contributed by atoms with Gasteiger partial charge < -0.3 is 10.2 Å². The maximum Gasteiger partial charge on any atom is 0.284 e. The van der Waals surface area contributed by atoms with Crippen LogP contribution < -0.4 is 5.73 Å². The highest BCUT2D eigenvalue weighted by molar-refractivity contribution is 5.90. The number of piperidine rings is 1. The van der Waals surface area contributed by atoms with Crippen molar-refractivity contribution in [2.45, 2.75) is 58.4 Å². The molecule has 1 saturated heterocycles. The third kappa shape index (κ3) is 3.92. The summed E-state index contributed by atoms with van der Waals surface area (Å²) in [5, 5.41) is 7.25. The van der Waals surface area contributed by atoms with Gasteiger partial charge in [0, 0.05) is 30.0 Å². The largest absolute Gasteiger partial charge is 0.455 e. The molecule has 0 aliphatic carbocycles. The summed E-state index contributed by atoms with van der Waals surface area (Å²) in [5.41, 5.74) is 6.26. The first-order valence-corrected chi connectivity index (χ1v) is 8.78. The Labute approximate surface area is 148 Å². The maximum absolute atomic E-state index is 11.5. The summed E-state index contributed by atoms with van der Waals surface area (Å²) in [6, 6.07) is 1.80. The van der Waals surface area contributed by atoms with Crippen LogP contribution >= 0.6 is 0 Å². The summed E-state index contributed by atoms with van der Waals surface area (Å²) < 4.78 is 5.77. The Hall–Kier alpha value is -2.15. The van der Waals surface area contributed by atoms with Crippen molar-refractivity contribution < 1.29 is 9.21 Å². The van der Waals surface area contributed by atoms with Crippen molar-refractivity contribution in [3.8, 4) is 0 Å². The second-order valence-electron chi connectivity index (χ2n) is 7.93. The molecule has 1 aliphatic heterocycles. The molecule has 3 heterocycles. The summed E-state index contributed by atoms with van der Waals surface area (Å²) in [6.07, 6.45) is 2.20. The van der Waals surface area contributed by atoms with Gasteiger partial charge in [-0.25, -0.2) is 4.98 Å². The van der Waals surface area contributed by atoms with Crippen LogP contribution in [0.3, 0.4) is 0 Å². The number of hydrogen-bond donors (Lipinski definition) is 2. The molecular weight excluding hydrogens is 318 g/mol. The molecule has 2 aromatic rings. The third-order valence-electron chi connectivity index (χ3n) is 4.61. The van der Waals surface area contributed by atoms with E-state index in [4.69, 9.17) is 10.2 Å². The average Bonchev–Trinajstić information content (AvgIpc) is 3.14. The summed E-state index contributed by atoms with van der Waals surface area (Å²) in [4.78, 5) is 18.4. The molecule has 1 amide bonds. The van der Waals surface area contributed by atoms with Crippen molar-refractivity contribution in [1.82, 2.24) is 20.1 Å². The molecule has 0 aromatic carbocycles. The number of likely N-dealkylation sites (tertiary alicyclic amines) is 1. The Bertz CT molecular complexity index is 756. The molecule has 0 radical (unpaired) electrons. The van der Waals surface area contributed by atoms with Crippen LogP contribution in [0.5, 0.6) is 0 Å². The van der Waals surface area contributed by atoms with Gasteiger partial charge in [0.05, 0.1) is 0 Å². The van der Waals surface area contributed by atoms with Gasteiger partial charge in [-0.15, -0.1) is 0 Å². The van der Waals surface area contributed by atoms with Crippen LogP contribution in [0, 0.1) is 6.92 Å². The zero-order chi connectivity index (χ0) is 18.2. The van der Waals surface area contributed by atoms with Gasteiger partial charge in [-0.05, 0) is 32.4 Å². The first-order valence-electron chi connectivity index (χ1n) is 8.78. The molecule has 1 aliphatic rings. The fourth-order valence-corrected chi connectivity index (χ4v) is 3.50. The van der Waals surface area contributed by atoms with Gasteiger partial charge in [-0.1, -0.05) is 20.8 Å². The fraction of sp³-hybridized carbons (Fsp3) is 0.611. The molecule has 1 fully saturated rings. The van der Waals surface area contributed by atoms with Crippen LogP contribution in [0.15, 0.2) is 10.5 Å². The predicted octanol–water partition coefficient (Wildman–Crippen LogP) is 2.48. The number of furan rings is 1. The number of aromatic amines is 1. The van der Waals surface area contributed by atoms with Crippen LogP contribution in [0.2, 0.25) is 0 Å². The van der Waals surface area contributed by atoms with Crippen LogP contribution in [0.1, 0.15) is 73.1 Å². The average molecular weight is 345 g/mol. The Morgan fingerprint density at radius 2 is 2.24 bits per heavy atom. The molecule has 3 N–H and O–H groups in total. The smallest absolute Gasteiger partial charge is 0.284 e. The maximum atomic E-state index is 11.5. The molecule has 2 aromatic heterocycles. The number of nitrogens with one attached hydrogen (secondary N) is 1. The number of aryl methyl sites for hydroxylation is 1. The molecule has 1 atom stereocenters. The standard InChI is InChI=1S/C18H27N5O2/c1-11-20-17(22-21-11)12-6-5-7-23(9-12)10-13-8-14(16(19)24)25-15(13)18(2,3)4/h8,12H,5-7,9-10H2,1-4H3,(H2,19,24)(H,20,21,22). The van der Waals surface area contributed by atoms with Crippen LogP contribution in [0.25, 0.3) is 0 Å². The van der Waals surface area contributed by atoms with Gasteiger partial charge in [-0.2, -0.15) is 5.10 Å². The highest BCUT2D eigenvalue weighted by Gasteiger charge is 2.29. The number of carbonyl (C=O) groups excluding carboxylic acids is 1. The minimum absolute atomic E-state index is 0.181. The van der Waals surface area contributed by atoms with E-state index in [0.29, 0.717) is 5.92 Å². The lowest BCUT2D eigenvalue weighted by Crippen LogP contribution is -2.34. The minimum atomic E-state index is -0.524. The number of primary amides is 1. The molecule has 136 valence electrons. The van der Waals surface area contributed by atoms with Gasteiger partial charge >= 0.3 is 0 Å². The number of nitrogens with two attached hydrogens (primary N) is 1. The fourth-order valence-electron chi connectivity index (χ4n) is 3.50. The van der Waals surface area contributed by atoms with E-state index in [2.05, 4.69) is 40.9 Å². The second kappa shape index (κ2) is 6.63. The van der Waals surface area contributed by atoms with Crippen molar-refractivity contribution in [2.75, 3.05) is 13.1 Å². The quantitative estimate of drug-likeness (QED) is 0.886. The first kappa shape index (κ1) is 17.7. The van der Waals surface area contributed by atoms with Gasteiger partial charge in [0.25, 0.3) is 5.91 Å². The van der Waals surface area contributed by atoms with E-state index < -0.39 is 5.91 Å². The lowest BCUT2D eigenvalue weighted by atomic mass is 9.90. The van der Waals surface area contributed by atoms with E-state index in [1.54, 1.807) is 6.07 Å². The van der Waals surface area contributed by atoms with Gasteiger partial charge in [0.2, 0.25) is 0 Å². The monoisotopic (exact) mass is 345 g/mol. The Balaban J connectivity index is 1.78. The summed E-state index contributed by atoms with van der Waals surface area (Å²) >= 11 is 0. The topological polar surface area (TPSA) is 101 Å². The summed E-state index contributed by atoms with van der Waals surface area (Å²) in [7, 11) is 0. The zero-order valence-corrected chi connectivity index (χ0v) is 15.4. The van der Waals surface area contributed by atoms with Crippen LogP contribution in [-0.4, -0.2) is 39.1 Å². The highest BCUT2D eigenvalue weighted by atomic mass is 16.4. The Morgan fingerprint density at radius 3 is 2.84 bits per heavy atom. The lowest BCUT2D eigenvalue weighted by molar-refractivity contribution is 0.0970. The van der Waals surface area contributed by atoms with Crippen molar-refractivity contribution in [2.24, 2.45) is 5.73 Å². The normalized spacial score (nSPS) is 19.3. The van der Waals surface area contributed by atoms with Gasteiger partial charge in [0.1, 0.15) is 11.6 Å².